The molecule has 0 saturated heterocycles. The van der Waals surface area contributed by atoms with Crippen molar-refractivity contribution in [3.63, 3.8) is 0 Å². The normalized spacial score (nSPS) is 12.5. The summed E-state index contributed by atoms with van der Waals surface area (Å²) in [6.45, 7) is 16.0. The van der Waals surface area contributed by atoms with Gasteiger partial charge in [-0.2, -0.15) is 0 Å². The lowest BCUT2D eigenvalue weighted by Gasteiger charge is -2.25. The van der Waals surface area contributed by atoms with E-state index in [0.29, 0.717) is 0 Å². The summed E-state index contributed by atoms with van der Waals surface area (Å²) in [5.41, 5.74) is 4.40. The zero-order chi connectivity index (χ0) is 15.8. The van der Waals surface area contributed by atoms with Crippen LogP contribution in [0, 0.1) is 6.92 Å². The maximum absolute atomic E-state index is 2.39. The second-order valence-electron chi connectivity index (χ2n) is 7.99. The molecule has 0 fully saturated rings. The van der Waals surface area contributed by atoms with Crippen LogP contribution in [0.15, 0.2) is 36.4 Å². The Morgan fingerprint density at radius 1 is 0.667 bits per heavy atom. The van der Waals surface area contributed by atoms with Gasteiger partial charge in [-0.3, -0.25) is 0 Å². The lowest BCUT2D eigenvalue weighted by molar-refractivity contribution is 0.594. The number of hydrogen-bond donors (Lipinski definition) is 0. The topological polar surface area (TPSA) is 0 Å². The highest BCUT2D eigenvalue weighted by atomic mass is 31.0. The average Bonchev–Trinajstić information content (AvgIpc) is 2.37. The number of aryl methyl sites for hydroxylation is 1. The summed E-state index contributed by atoms with van der Waals surface area (Å²) in [6.07, 6.45) is 0. The first-order valence-electron chi connectivity index (χ1n) is 7.67. The molecular weight excluding hydrogens is 271 g/mol. The second-order valence-corrected chi connectivity index (χ2v) is 9.18. The molecule has 0 spiro atoms. The van der Waals surface area contributed by atoms with Crippen LogP contribution in [0.4, 0.5) is 0 Å². The molecule has 0 bridgehead atoms. The van der Waals surface area contributed by atoms with Crippen molar-refractivity contribution in [3.05, 3.63) is 52.6 Å². The molecule has 21 heavy (non-hydrogen) atoms. The highest BCUT2D eigenvalue weighted by Gasteiger charge is 2.21. The SMILES string of the molecule is Cc1ccc(-c2cc(C(C)(C)C)pc(C(C)(C)C)c2)cc1. The third kappa shape index (κ3) is 3.95. The van der Waals surface area contributed by atoms with E-state index in [1.165, 1.54) is 35.5 Å². The molecule has 0 saturated carbocycles. The van der Waals surface area contributed by atoms with Gasteiger partial charge in [0.25, 0.3) is 0 Å². The molecule has 112 valence electrons. The molecule has 0 amide bonds. The Morgan fingerprint density at radius 2 is 1.10 bits per heavy atom. The fourth-order valence-corrected chi connectivity index (χ4v) is 3.55. The minimum Gasteiger partial charge on any atom is -0.0682 e. The van der Waals surface area contributed by atoms with Gasteiger partial charge in [0.2, 0.25) is 0 Å². The zero-order valence-electron chi connectivity index (χ0n) is 14.4. The van der Waals surface area contributed by atoms with Crippen molar-refractivity contribution >= 4 is 8.19 Å². The van der Waals surface area contributed by atoms with Gasteiger partial charge < -0.3 is 0 Å². The minimum atomic E-state index is 0.211. The van der Waals surface area contributed by atoms with Crippen molar-refractivity contribution in [3.8, 4) is 11.1 Å². The van der Waals surface area contributed by atoms with Crippen LogP contribution in [0.1, 0.15) is 57.7 Å². The van der Waals surface area contributed by atoms with Crippen LogP contribution < -0.4 is 0 Å². The molecule has 1 heterocycles. The summed E-state index contributed by atoms with van der Waals surface area (Å²) in [5, 5.41) is 3.01. The summed E-state index contributed by atoms with van der Waals surface area (Å²) in [6, 6.07) is 13.7. The highest BCUT2D eigenvalue weighted by molar-refractivity contribution is 7.32. The first kappa shape index (κ1) is 16.2. The fraction of sp³-hybridized carbons (Fsp3) is 0.450. The number of rotatable bonds is 1. The van der Waals surface area contributed by atoms with Gasteiger partial charge in [0, 0.05) is 0 Å². The van der Waals surface area contributed by atoms with Gasteiger partial charge in [-0.25, -0.2) is 0 Å². The van der Waals surface area contributed by atoms with Crippen molar-refractivity contribution in [2.24, 2.45) is 0 Å². The van der Waals surface area contributed by atoms with E-state index in [4.69, 9.17) is 0 Å². The highest BCUT2D eigenvalue weighted by Crippen LogP contribution is 2.40. The predicted octanol–water partition coefficient (Wildman–Crippen LogP) is 6.84. The van der Waals surface area contributed by atoms with E-state index >= 15 is 0 Å². The van der Waals surface area contributed by atoms with Crippen LogP contribution >= 0.6 is 8.19 Å². The van der Waals surface area contributed by atoms with Gasteiger partial charge >= 0.3 is 0 Å². The standard InChI is InChI=1S/C20H27P/c1-14-8-10-15(11-9-14)16-12-17(19(2,3)4)21-18(13-16)20(5,6)7/h8-13H,1-7H3. The third-order valence-corrected chi connectivity index (χ3v) is 5.83. The molecule has 0 nitrogen and oxygen atoms in total. The molecule has 1 aromatic carbocycles. The molecule has 0 N–H and O–H groups in total. The molecule has 0 aliphatic heterocycles. The van der Waals surface area contributed by atoms with E-state index in [0.717, 1.165) is 0 Å². The number of benzene rings is 1. The molecule has 1 aromatic heterocycles. The molecule has 0 radical (unpaired) electrons. The van der Waals surface area contributed by atoms with Gasteiger partial charge in [0.05, 0.1) is 0 Å². The van der Waals surface area contributed by atoms with Crippen LogP contribution in [-0.2, 0) is 10.8 Å². The summed E-state index contributed by atoms with van der Waals surface area (Å²) >= 11 is 0. The van der Waals surface area contributed by atoms with Gasteiger partial charge in [-0.05, 0) is 51.6 Å². The van der Waals surface area contributed by atoms with Crippen LogP contribution in [-0.4, -0.2) is 0 Å². The Labute approximate surface area is 131 Å². The molecule has 0 aliphatic rings. The lowest BCUT2D eigenvalue weighted by Crippen LogP contribution is -2.13. The Balaban J connectivity index is 2.63. The third-order valence-electron chi connectivity index (χ3n) is 3.75. The van der Waals surface area contributed by atoms with E-state index in [2.05, 4.69) is 84.9 Å². The van der Waals surface area contributed by atoms with Crippen LogP contribution in [0.5, 0.6) is 0 Å². The van der Waals surface area contributed by atoms with Crippen LogP contribution in [0.2, 0.25) is 0 Å². The predicted molar refractivity (Wildman–Crippen MR) is 96.5 cm³/mol. The molecule has 2 aromatic rings. The molecule has 0 aliphatic carbocycles. The van der Waals surface area contributed by atoms with Crippen LogP contribution in [0.25, 0.3) is 11.1 Å². The van der Waals surface area contributed by atoms with Crippen molar-refractivity contribution in [1.82, 2.24) is 0 Å². The van der Waals surface area contributed by atoms with E-state index in [9.17, 15) is 0 Å². The molecule has 0 unspecified atom stereocenters. The quantitative estimate of drug-likeness (QED) is 0.541. The molecular formula is C20H27P. The summed E-state index contributed by atoms with van der Waals surface area (Å²) in [4.78, 5) is 0. The van der Waals surface area contributed by atoms with E-state index in [1.54, 1.807) is 0 Å². The molecule has 1 heteroatoms. The van der Waals surface area contributed by atoms with Crippen molar-refractivity contribution in [2.45, 2.75) is 59.3 Å². The smallest absolute Gasteiger partial charge is 0.00881 e. The summed E-state index contributed by atoms with van der Waals surface area (Å²) in [5.74, 6) is 0. The Kier molecular flexibility index (Phi) is 4.31. The maximum atomic E-state index is 2.39. The molecule has 2 rings (SSSR count). The maximum Gasteiger partial charge on any atom is -0.00881 e. The van der Waals surface area contributed by atoms with Gasteiger partial charge in [-0.1, -0.05) is 79.6 Å². The lowest BCUT2D eigenvalue weighted by atomic mass is 9.90. The minimum absolute atomic E-state index is 0.211. The summed E-state index contributed by atoms with van der Waals surface area (Å²) in [7, 11) is 1.38. The van der Waals surface area contributed by atoms with Crippen molar-refractivity contribution < 1.29 is 0 Å². The van der Waals surface area contributed by atoms with Gasteiger partial charge in [-0.15, -0.1) is 0 Å². The first-order chi connectivity index (χ1) is 9.57. The largest absolute Gasteiger partial charge is 0.0682 e. The fourth-order valence-electron chi connectivity index (χ4n) is 2.21. The van der Waals surface area contributed by atoms with Crippen LogP contribution in [0.3, 0.4) is 0 Å². The first-order valence-corrected chi connectivity index (χ1v) is 8.57. The van der Waals surface area contributed by atoms with Gasteiger partial charge in [0.1, 0.15) is 0 Å². The second kappa shape index (κ2) is 5.58. The zero-order valence-corrected chi connectivity index (χ0v) is 15.3. The van der Waals surface area contributed by atoms with Gasteiger partial charge in [0.15, 0.2) is 0 Å². The molecule has 0 atom stereocenters. The summed E-state index contributed by atoms with van der Waals surface area (Å²) < 4.78 is 0. The number of hydrogen-bond acceptors (Lipinski definition) is 0. The Morgan fingerprint density at radius 3 is 1.48 bits per heavy atom. The van der Waals surface area contributed by atoms with E-state index in [-0.39, 0.29) is 10.8 Å². The monoisotopic (exact) mass is 298 g/mol. The Hall–Kier alpha value is -1.13. The Bertz CT molecular complexity index is 590. The van der Waals surface area contributed by atoms with E-state index in [1.807, 2.05) is 0 Å². The van der Waals surface area contributed by atoms with Crippen molar-refractivity contribution in [2.75, 3.05) is 0 Å². The average molecular weight is 298 g/mol. The van der Waals surface area contributed by atoms with E-state index < -0.39 is 0 Å². The van der Waals surface area contributed by atoms with Crippen molar-refractivity contribution in [1.29, 1.82) is 0 Å².